The normalized spacial score (nSPS) is 10.2. The first-order valence-electron chi connectivity index (χ1n) is 4.95. The number of benzene rings is 1. The molecule has 1 heterocycles. The minimum absolute atomic E-state index is 0.0277. The quantitative estimate of drug-likeness (QED) is 0.808. The Hall–Kier alpha value is -1.27. The average molecular weight is 374 g/mol. The molecular weight excluding hydrogens is 367 g/mol. The van der Waals surface area contributed by atoms with Crippen LogP contribution in [0, 0.1) is 5.82 Å². The zero-order chi connectivity index (χ0) is 13.1. The van der Waals surface area contributed by atoms with Crippen molar-refractivity contribution in [3.05, 3.63) is 57.0 Å². The van der Waals surface area contributed by atoms with E-state index in [1.807, 2.05) is 0 Å². The van der Waals surface area contributed by atoms with Crippen LogP contribution in [-0.2, 0) is 0 Å². The summed E-state index contributed by atoms with van der Waals surface area (Å²) in [5.41, 5.74) is 0.460. The minimum atomic E-state index is -0.573. The fourth-order valence-electron chi connectivity index (χ4n) is 1.34. The molecule has 0 aliphatic heterocycles. The van der Waals surface area contributed by atoms with Crippen molar-refractivity contribution in [2.45, 2.75) is 0 Å². The topological polar surface area (TPSA) is 42.0 Å². The number of amides is 1. The third kappa shape index (κ3) is 2.94. The van der Waals surface area contributed by atoms with Gasteiger partial charge in [0.15, 0.2) is 0 Å². The van der Waals surface area contributed by atoms with Gasteiger partial charge in [0.1, 0.15) is 10.4 Å². The molecule has 0 fully saturated rings. The Morgan fingerprint density at radius 2 is 2.06 bits per heavy atom. The highest BCUT2D eigenvalue weighted by atomic mass is 79.9. The van der Waals surface area contributed by atoms with E-state index in [-0.39, 0.29) is 5.56 Å². The fourth-order valence-corrected chi connectivity index (χ4v) is 2.05. The van der Waals surface area contributed by atoms with Crippen molar-refractivity contribution in [3.8, 4) is 0 Å². The smallest absolute Gasteiger partial charge is 0.258 e. The number of rotatable bonds is 2. The molecule has 0 aliphatic carbocycles. The lowest BCUT2D eigenvalue weighted by atomic mass is 10.2. The highest BCUT2D eigenvalue weighted by Crippen LogP contribution is 2.21. The van der Waals surface area contributed by atoms with Crippen molar-refractivity contribution in [2.75, 3.05) is 5.32 Å². The molecule has 3 nitrogen and oxygen atoms in total. The summed E-state index contributed by atoms with van der Waals surface area (Å²) < 4.78 is 14.6. The second-order valence-corrected chi connectivity index (χ2v) is 5.09. The molecule has 0 unspecified atom stereocenters. The van der Waals surface area contributed by atoms with Crippen molar-refractivity contribution in [2.24, 2.45) is 0 Å². The molecule has 0 spiro atoms. The van der Waals surface area contributed by atoms with E-state index >= 15 is 0 Å². The largest absolute Gasteiger partial charge is 0.320 e. The number of carbonyl (C=O) groups is 1. The van der Waals surface area contributed by atoms with Crippen LogP contribution >= 0.6 is 31.9 Å². The average Bonchev–Trinajstić information content (AvgIpc) is 2.35. The molecule has 2 aromatic rings. The third-order valence-electron chi connectivity index (χ3n) is 2.18. The monoisotopic (exact) mass is 372 g/mol. The first-order valence-corrected chi connectivity index (χ1v) is 6.53. The summed E-state index contributed by atoms with van der Waals surface area (Å²) in [5, 5.41) is 2.59. The summed E-state index contributed by atoms with van der Waals surface area (Å²) in [6.45, 7) is 0. The van der Waals surface area contributed by atoms with Gasteiger partial charge in [-0.25, -0.2) is 9.37 Å². The number of aromatic nitrogens is 1. The molecule has 0 aliphatic rings. The zero-order valence-electron chi connectivity index (χ0n) is 8.95. The third-order valence-corrected chi connectivity index (χ3v) is 3.31. The number of halogens is 3. The number of nitrogens with one attached hydrogen (secondary N) is 1. The molecular formula is C12H7Br2FN2O. The first-order chi connectivity index (χ1) is 8.58. The lowest BCUT2D eigenvalue weighted by molar-refractivity contribution is 0.102. The van der Waals surface area contributed by atoms with Gasteiger partial charge in [0.2, 0.25) is 0 Å². The summed E-state index contributed by atoms with van der Waals surface area (Å²) in [7, 11) is 0. The maximum atomic E-state index is 13.5. The van der Waals surface area contributed by atoms with Gasteiger partial charge in [0.25, 0.3) is 5.91 Å². The number of carbonyl (C=O) groups excluding carboxylic acids is 1. The van der Waals surface area contributed by atoms with Crippen LogP contribution in [0.15, 0.2) is 45.6 Å². The molecule has 1 amide bonds. The van der Waals surface area contributed by atoms with Gasteiger partial charge in [-0.2, -0.15) is 0 Å². The number of hydrogen-bond donors (Lipinski definition) is 1. The molecule has 0 saturated carbocycles. The predicted molar refractivity (Wildman–Crippen MR) is 74.0 cm³/mol. The molecule has 0 atom stereocenters. The van der Waals surface area contributed by atoms with Gasteiger partial charge in [0, 0.05) is 10.7 Å². The van der Waals surface area contributed by atoms with E-state index in [4.69, 9.17) is 0 Å². The van der Waals surface area contributed by atoms with E-state index in [2.05, 4.69) is 42.2 Å². The maximum absolute atomic E-state index is 13.5. The predicted octanol–water partition coefficient (Wildman–Crippen LogP) is 4.00. The highest BCUT2D eigenvalue weighted by molar-refractivity contribution is 9.10. The molecule has 0 saturated heterocycles. The second kappa shape index (κ2) is 5.58. The highest BCUT2D eigenvalue weighted by Gasteiger charge is 2.13. The standard InChI is InChI=1S/C12H7Br2FN2O/c13-7-3-4-9(15)8(6-7)12(18)17-10-2-1-5-16-11(10)14/h1-6H,(H,17,18). The van der Waals surface area contributed by atoms with Crippen molar-refractivity contribution in [3.63, 3.8) is 0 Å². The van der Waals surface area contributed by atoms with Crippen LogP contribution in [0.4, 0.5) is 10.1 Å². The van der Waals surface area contributed by atoms with Crippen molar-refractivity contribution in [1.82, 2.24) is 4.98 Å². The van der Waals surface area contributed by atoms with Crippen LogP contribution in [0.25, 0.3) is 0 Å². The van der Waals surface area contributed by atoms with Crippen LogP contribution in [-0.4, -0.2) is 10.9 Å². The Kier molecular flexibility index (Phi) is 4.08. The molecule has 1 N–H and O–H groups in total. The number of anilines is 1. The Labute approximate surface area is 120 Å². The number of hydrogen-bond acceptors (Lipinski definition) is 2. The van der Waals surface area contributed by atoms with Crippen LogP contribution in [0.3, 0.4) is 0 Å². The molecule has 1 aromatic heterocycles. The van der Waals surface area contributed by atoms with Gasteiger partial charge in [-0.05, 0) is 46.3 Å². The first kappa shape index (κ1) is 13.2. The molecule has 0 bridgehead atoms. The van der Waals surface area contributed by atoms with Gasteiger partial charge >= 0.3 is 0 Å². The lowest BCUT2D eigenvalue weighted by Crippen LogP contribution is -2.14. The van der Waals surface area contributed by atoms with E-state index in [1.54, 1.807) is 18.3 Å². The number of pyridine rings is 1. The van der Waals surface area contributed by atoms with Crippen LogP contribution in [0.5, 0.6) is 0 Å². The summed E-state index contributed by atoms with van der Waals surface area (Å²) >= 11 is 6.40. The molecule has 1 aromatic carbocycles. The van der Waals surface area contributed by atoms with E-state index in [1.165, 1.54) is 18.2 Å². The summed E-state index contributed by atoms with van der Waals surface area (Å²) in [4.78, 5) is 15.9. The minimum Gasteiger partial charge on any atom is -0.320 e. The second-order valence-electron chi connectivity index (χ2n) is 3.42. The Morgan fingerprint density at radius 1 is 1.28 bits per heavy atom. The Morgan fingerprint density at radius 3 is 2.78 bits per heavy atom. The summed E-state index contributed by atoms with van der Waals surface area (Å²) in [5.74, 6) is -1.10. The lowest BCUT2D eigenvalue weighted by Gasteiger charge is -2.07. The van der Waals surface area contributed by atoms with Crippen LogP contribution < -0.4 is 5.32 Å². The molecule has 92 valence electrons. The maximum Gasteiger partial charge on any atom is 0.258 e. The zero-order valence-corrected chi connectivity index (χ0v) is 12.1. The van der Waals surface area contributed by atoms with Gasteiger partial charge in [-0.15, -0.1) is 0 Å². The molecule has 0 radical (unpaired) electrons. The van der Waals surface area contributed by atoms with Gasteiger partial charge in [-0.1, -0.05) is 15.9 Å². The van der Waals surface area contributed by atoms with Crippen molar-refractivity contribution >= 4 is 43.5 Å². The molecule has 6 heteroatoms. The van der Waals surface area contributed by atoms with Crippen LogP contribution in [0.2, 0.25) is 0 Å². The van der Waals surface area contributed by atoms with E-state index in [0.29, 0.717) is 14.8 Å². The Balaban J connectivity index is 2.28. The summed E-state index contributed by atoms with van der Waals surface area (Å²) in [6, 6.07) is 7.54. The van der Waals surface area contributed by atoms with Gasteiger partial charge < -0.3 is 5.32 Å². The van der Waals surface area contributed by atoms with Gasteiger partial charge in [0.05, 0.1) is 11.3 Å². The van der Waals surface area contributed by atoms with Crippen LogP contribution in [0.1, 0.15) is 10.4 Å². The van der Waals surface area contributed by atoms with E-state index in [9.17, 15) is 9.18 Å². The summed E-state index contributed by atoms with van der Waals surface area (Å²) in [6.07, 6.45) is 1.58. The number of nitrogens with zero attached hydrogens (tertiary/aromatic N) is 1. The van der Waals surface area contributed by atoms with Crippen molar-refractivity contribution in [1.29, 1.82) is 0 Å². The molecule has 18 heavy (non-hydrogen) atoms. The van der Waals surface area contributed by atoms with Gasteiger partial charge in [-0.3, -0.25) is 4.79 Å². The Bertz CT molecular complexity index is 604. The van der Waals surface area contributed by atoms with E-state index < -0.39 is 11.7 Å². The fraction of sp³-hybridized carbons (Fsp3) is 0. The van der Waals surface area contributed by atoms with Crippen molar-refractivity contribution < 1.29 is 9.18 Å². The van der Waals surface area contributed by atoms with E-state index in [0.717, 1.165) is 0 Å². The SMILES string of the molecule is O=C(Nc1cccnc1Br)c1cc(Br)ccc1F. The molecule has 2 rings (SSSR count).